The van der Waals surface area contributed by atoms with Crippen molar-refractivity contribution in [2.24, 2.45) is 0 Å². The molecule has 1 fully saturated rings. The second-order valence-electron chi connectivity index (χ2n) is 7.41. The molecule has 1 amide bonds. The number of nitrogens with one attached hydrogen (secondary N) is 1. The molecule has 0 radical (unpaired) electrons. The summed E-state index contributed by atoms with van der Waals surface area (Å²) in [6.07, 6.45) is 1.26. The van der Waals surface area contributed by atoms with Crippen LogP contribution in [0.15, 0.2) is 54.6 Å². The van der Waals surface area contributed by atoms with E-state index in [9.17, 15) is 9.18 Å². The van der Waals surface area contributed by atoms with E-state index in [0.29, 0.717) is 18.7 Å². The molecule has 2 aromatic carbocycles. The molecular weight excluding hydrogens is 385 g/mol. The number of H-pyrrole nitrogens is 1. The van der Waals surface area contributed by atoms with Crippen LogP contribution >= 0.6 is 0 Å². The van der Waals surface area contributed by atoms with Gasteiger partial charge in [0.25, 0.3) is 0 Å². The maximum Gasteiger partial charge on any atom is 0.227 e. The first-order valence-corrected chi connectivity index (χ1v) is 9.94. The van der Waals surface area contributed by atoms with Crippen LogP contribution in [0.25, 0.3) is 0 Å². The van der Waals surface area contributed by atoms with E-state index in [1.54, 1.807) is 19.2 Å². The topological polar surface area (TPSA) is 67.4 Å². The molecule has 0 unspecified atom stereocenters. The van der Waals surface area contributed by atoms with E-state index >= 15 is 0 Å². The number of likely N-dealkylation sites (tertiary alicyclic amines) is 1. The first-order chi connectivity index (χ1) is 14.6. The Morgan fingerprint density at radius 1 is 1.20 bits per heavy atom. The number of aromatic nitrogens is 2. The summed E-state index contributed by atoms with van der Waals surface area (Å²) < 4.78 is 24.0. The Morgan fingerprint density at radius 3 is 2.80 bits per heavy atom. The van der Waals surface area contributed by atoms with Crippen LogP contribution in [0, 0.1) is 5.82 Å². The van der Waals surface area contributed by atoms with Crippen molar-refractivity contribution in [2.45, 2.75) is 25.4 Å². The predicted octanol–water partition coefficient (Wildman–Crippen LogP) is 3.70. The minimum absolute atomic E-state index is 0.118. The van der Waals surface area contributed by atoms with Gasteiger partial charge in [0.05, 0.1) is 24.9 Å². The number of rotatable bonds is 7. The van der Waals surface area contributed by atoms with Crippen LogP contribution in [0.5, 0.6) is 11.5 Å². The number of hydrogen-bond acceptors (Lipinski definition) is 4. The third-order valence-electron chi connectivity index (χ3n) is 5.31. The summed E-state index contributed by atoms with van der Waals surface area (Å²) >= 11 is 0. The van der Waals surface area contributed by atoms with Gasteiger partial charge in [0.2, 0.25) is 5.91 Å². The zero-order valence-corrected chi connectivity index (χ0v) is 16.8. The van der Waals surface area contributed by atoms with Crippen LogP contribution < -0.4 is 9.47 Å². The van der Waals surface area contributed by atoms with Gasteiger partial charge < -0.3 is 14.4 Å². The number of methoxy groups -OCH3 is 1. The second kappa shape index (κ2) is 8.98. The molecule has 0 spiro atoms. The Kier molecular flexibility index (Phi) is 5.97. The van der Waals surface area contributed by atoms with Gasteiger partial charge >= 0.3 is 0 Å². The highest BCUT2D eigenvalue weighted by Gasteiger charge is 2.28. The van der Waals surface area contributed by atoms with Gasteiger partial charge in [0.1, 0.15) is 23.9 Å². The fourth-order valence-corrected chi connectivity index (χ4v) is 3.64. The number of halogens is 1. The molecule has 1 aromatic heterocycles. The molecule has 4 rings (SSSR count). The first kappa shape index (κ1) is 19.9. The number of aromatic amines is 1. The molecule has 30 heavy (non-hydrogen) atoms. The molecule has 1 aliphatic rings. The van der Waals surface area contributed by atoms with Crippen LogP contribution in [-0.4, -0.2) is 41.2 Å². The minimum atomic E-state index is -0.330. The lowest BCUT2D eigenvalue weighted by Crippen LogP contribution is -2.29. The number of nitrogens with zero attached hydrogens (tertiary/aromatic N) is 2. The molecule has 3 aromatic rings. The van der Waals surface area contributed by atoms with Gasteiger partial charge in [-0.25, -0.2) is 4.39 Å². The highest BCUT2D eigenvalue weighted by atomic mass is 19.1. The van der Waals surface area contributed by atoms with E-state index in [0.717, 1.165) is 35.7 Å². The molecule has 156 valence electrons. The Balaban J connectivity index is 1.30. The third-order valence-corrected chi connectivity index (χ3v) is 5.31. The first-order valence-electron chi connectivity index (χ1n) is 9.94. The lowest BCUT2D eigenvalue weighted by molar-refractivity contribution is -0.129. The molecule has 0 saturated carbocycles. The highest BCUT2D eigenvalue weighted by Crippen LogP contribution is 2.27. The Labute approximate surface area is 174 Å². The van der Waals surface area contributed by atoms with Crippen LogP contribution in [0.3, 0.4) is 0 Å². The van der Waals surface area contributed by atoms with E-state index in [4.69, 9.17) is 9.47 Å². The Morgan fingerprint density at radius 2 is 2.03 bits per heavy atom. The molecule has 7 heteroatoms. The van der Waals surface area contributed by atoms with E-state index in [1.807, 2.05) is 35.2 Å². The van der Waals surface area contributed by atoms with Crippen LogP contribution in [-0.2, 0) is 17.8 Å². The van der Waals surface area contributed by atoms with Crippen LogP contribution in [0.1, 0.15) is 29.3 Å². The summed E-state index contributed by atoms with van der Waals surface area (Å²) in [5, 5.41) is 7.37. The average Bonchev–Trinajstić information content (AvgIpc) is 3.42. The van der Waals surface area contributed by atoms with Gasteiger partial charge in [-0.15, -0.1) is 0 Å². The lowest BCUT2D eigenvalue weighted by atomic mass is 10.1. The van der Waals surface area contributed by atoms with E-state index in [2.05, 4.69) is 10.2 Å². The number of carbonyl (C=O) groups is 1. The van der Waals surface area contributed by atoms with Crippen molar-refractivity contribution in [3.8, 4) is 11.5 Å². The second-order valence-corrected chi connectivity index (χ2v) is 7.41. The summed E-state index contributed by atoms with van der Waals surface area (Å²) in [4.78, 5) is 14.5. The van der Waals surface area contributed by atoms with Gasteiger partial charge in [-0.3, -0.25) is 9.89 Å². The third kappa shape index (κ3) is 4.79. The predicted molar refractivity (Wildman–Crippen MR) is 110 cm³/mol. The number of benzene rings is 2. The quantitative estimate of drug-likeness (QED) is 0.646. The molecule has 0 bridgehead atoms. The van der Waals surface area contributed by atoms with Gasteiger partial charge in [0.15, 0.2) is 0 Å². The van der Waals surface area contributed by atoms with Gasteiger partial charge in [-0.2, -0.15) is 5.10 Å². The number of carbonyl (C=O) groups excluding carboxylic acids is 1. The summed E-state index contributed by atoms with van der Waals surface area (Å²) in [7, 11) is 1.62. The summed E-state index contributed by atoms with van der Waals surface area (Å²) in [5.41, 5.74) is 2.71. The van der Waals surface area contributed by atoms with Crippen LogP contribution in [0.4, 0.5) is 4.39 Å². The fourth-order valence-electron chi connectivity index (χ4n) is 3.64. The smallest absolute Gasteiger partial charge is 0.227 e. The summed E-state index contributed by atoms with van der Waals surface area (Å²) in [6.45, 7) is 1.66. The van der Waals surface area contributed by atoms with E-state index in [1.165, 1.54) is 12.1 Å². The monoisotopic (exact) mass is 409 g/mol. The molecule has 1 aliphatic heterocycles. The number of ether oxygens (including phenoxy) is 2. The zero-order chi connectivity index (χ0) is 20.9. The maximum absolute atomic E-state index is 13.2. The summed E-state index contributed by atoms with van der Waals surface area (Å²) in [6, 6.07) is 15.6. The molecule has 6 nitrogen and oxygen atoms in total. The normalized spacial score (nSPS) is 15.9. The molecule has 0 aliphatic carbocycles. The maximum atomic E-state index is 13.2. The molecule has 1 saturated heterocycles. The van der Waals surface area contributed by atoms with Crippen molar-refractivity contribution in [3.05, 3.63) is 77.4 Å². The highest BCUT2D eigenvalue weighted by molar-refractivity contribution is 5.79. The van der Waals surface area contributed by atoms with E-state index in [-0.39, 0.29) is 24.2 Å². The van der Waals surface area contributed by atoms with Crippen LogP contribution in [0.2, 0.25) is 0 Å². The Hall–Kier alpha value is -3.35. The molecule has 1 N–H and O–H groups in total. The van der Waals surface area contributed by atoms with Gasteiger partial charge in [0, 0.05) is 25.1 Å². The molecular formula is C23H24FN3O3. The standard InChI is InChI=1S/C23H24FN3O3/c1-29-20-7-5-16(6-8-20)11-23(28)27-10-9-17(14-27)22-13-19(25-26-22)15-30-21-4-2-3-18(24)12-21/h2-8,12-13,17H,9-11,14-15H2,1H3,(H,25,26)/t17-/m1/s1. The number of hydrogen-bond donors (Lipinski definition) is 1. The minimum Gasteiger partial charge on any atom is -0.497 e. The van der Waals surface area contributed by atoms with Crippen molar-refractivity contribution >= 4 is 5.91 Å². The van der Waals surface area contributed by atoms with Crippen molar-refractivity contribution in [1.82, 2.24) is 15.1 Å². The van der Waals surface area contributed by atoms with E-state index < -0.39 is 0 Å². The number of amides is 1. The lowest BCUT2D eigenvalue weighted by Gasteiger charge is -2.16. The van der Waals surface area contributed by atoms with Crippen molar-refractivity contribution in [2.75, 3.05) is 20.2 Å². The van der Waals surface area contributed by atoms with Gasteiger partial charge in [-0.05, 0) is 42.3 Å². The molecule has 2 heterocycles. The Bertz CT molecular complexity index is 1000. The van der Waals surface area contributed by atoms with Crippen molar-refractivity contribution in [3.63, 3.8) is 0 Å². The zero-order valence-electron chi connectivity index (χ0n) is 16.8. The summed E-state index contributed by atoms with van der Waals surface area (Å²) in [5.74, 6) is 1.24. The molecule has 1 atom stereocenters. The average molecular weight is 409 g/mol. The fraction of sp³-hybridized carbons (Fsp3) is 0.304. The van der Waals surface area contributed by atoms with Crippen molar-refractivity contribution < 1.29 is 18.7 Å². The SMILES string of the molecule is COc1ccc(CC(=O)N2CC[C@@H](c3cc(COc4cccc(F)c4)[nH]n3)C2)cc1. The van der Waals surface area contributed by atoms with Crippen molar-refractivity contribution in [1.29, 1.82) is 0 Å². The van der Waals surface area contributed by atoms with Gasteiger partial charge in [-0.1, -0.05) is 18.2 Å². The largest absolute Gasteiger partial charge is 0.497 e.